The number of allylic oxidation sites excluding steroid dienone is 18. The van der Waals surface area contributed by atoms with Crippen molar-refractivity contribution >= 4 is 17.9 Å². The van der Waals surface area contributed by atoms with E-state index >= 15 is 0 Å². The summed E-state index contributed by atoms with van der Waals surface area (Å²) in [6.07, 6.45) is 86.8. The minimum atomic E-state index is -0.789. The number of carbonyl (C=O) groups is 3. The average molecular weight is 1060 g/mol. The first-order valence-electron chi connectivity index (χ1n) is 31.9. The molecule has 434 valence electrons. The molecule has 0 bridgehead atoms. The number of esters is 3. The summed E-state index contributed by atoms with van der Waals surface area (Å²) in [6.45, 7) is 6.49. The van der Waals surface area contributed by atoms with Gasteiger partial charge in [0.2, 0.25) is 0 Å². The summed E-state index contributed by atoms with van der Waals surface area (Å²) < 4.78 is 16.8. The Morgan fingerprint density at radius 1 is 0.276 bits per heavy atom. The molecule has 6 nitrogen and oxygen atoms in total. The maximum Gasteiger partial charge on any atom is 0.306 e. The quantitative estimate of drug-likeness (QED) is 0.0261. The summed E-state index contributed by atoms with van der Waals surface area (Å²) in [7, 11) is 0. The first-order chi connectivity index (χ1) is 37.5. The number of unbranched alkanes of at least 4 members (excludes halogenated alkanes) is 28. The van der Waals surface area contributed by atoms with E-state index in [2.05, 4.69) is 130 Å². The second-order valence-electron chi connectivity index (χ2n) is 21.0. The largest absolute Gasteiger partial charge is 0.462 e. The molecular formula is C70H118O6. The maximum absolute atomic E-state index is 12.9. The summed E-state index contributed by atoms with van der Waals surface area (Å²) in [5, 5.41) is 0. The first-order valence-corrected chi connectivity index (χ1v) is 31.9. The molecule has 0 aliphatic carbocycles. The van der Waals surface area contributed by atoms with Gasteiger partial charge < -0.3 is 14.2 Å². The van der Waals surface area contributed by atoms with Gasteiger partial charge in [-0.15, -0.1) is 0 Å². The van der Waals surface area contributed by atoms with E-state index < -0.39 is 6.10 Å². The zero-order chi connectivity index (χ0) is 55.0. The maximum atomic E-state index is 12.9. The van der Waals surface area contributed by atoms with E-state index in [4.69, 9.17) is 14.2 Å². The summed E-state index contributed by atoms with van der Waals surface area (Å²) in [5.41, 5.74) is 0. The highest BCUT2D eigenvalue weighted by Gasteiger charge is 2.19. The first kappa shape index (κ1) is 72.1. The molecule has 0 radical (unpaired) electrons. The van der Waals surface area contributed by atoms with Crippen molar-refractivity contribution in [3.8, 4) is 0 Å². The Morgan fingerprint density at radius 2 is 0.513 bits per heavy atom. The molecule has 0 aliphatic heterocycles. The normalized spacial score (nSPS) is 12.8. The fourth-order valence-electron chi connectivity index (χ4n) is 8.79. The molecule has 76 heavy (non-hydrogen) atoms. The van der Waals surface area contributed by atoms with Gasteiger partial charge in [0.1, 0.15) is 13.2 Å². The van der Waals surface area contributed by atoms with E-state index in [9.17, 15) is 14.4 Å². The number of hydrogen-bond acceptors (Lipinski definition) is 6. The standard InChI is InChI=1S/C70H118O6/c1-4-7-10-13-16-19-21-23-25-27-29-30-31-32-33-34-35-36-37-38-39-40-42-43-45-47-49-51-54-57-60-63-69(72)75-66-67(65-74-68(71)62-59-56-53-18-15-12-9-6-3)76-70(73)64-61-58-55-52-50-48-46-44-41-28-26-24-22-20-17-14-11-8-5-2/h7,10,16,19,23,25,29-30,32-33,35-36,38-39,42-43,47,49,67H,4-6,8-9,11-15,17-18,20-22,24,26-28,31,34,37,40-41,44-46,48,50-66H2,1-3H3/b10-7-,19-16-,25-23-,30-29-,33-32-,36-35-,39-38-,43-42-,49-47-. The smallest absolute Gasteiger partial charge is 0.306 e. The van der Waals surface area contributed by atoms with Crippen LogP contribution in [0.5, 0.6) is 0 Å². The van der Waals surface area contributed by atoms with Crippen molar-refractivity contribution in [1.29, 1.82) is 0 Å². The van der Waals surface area contributed by atoms with Crippen molar-refractivity contribution in [1.82, 2.24) is 0 Å². The molecule has 1 atom stereocenters. The molecule has 0 heterocycles. The molecule has 0 aromatic rings. The van der Waals surface area contributed by atoms with E-state index in [-0.39, 0.29) is 31.1 Å². The van der Waals surface area contributed by atoms with Crippen LogP contribution in [0.3, 0.4) is 0 Å². The Kier molecular flexibility index (Phi) is 60.3. The van der Waals surface area contributed by atoms with E-state index in [1.54, 1.807) is 0 Å². The lowest BCUT2D eigenvalue weighted by Crippen LogP contribution is -2.30. The molecule has 0 spiro atoms. The molecule has 0 saturated carbocycles. The van der Waals surface area contributed by atoms with Crippen LogP contribution in [0, 0.1) is 0 Å². The van der Waals surface area contributed by atoms with Gasteiger partial charge in [-0.25, -0.2) is 0 Å². The SMILES string of the molecule is CC/C=C\C/C=C\C/C=C\C/C=C\C/C=C\C/C=C\C/C=C\C/C=C\C/C=C\CCCCCC(=O)OCC(COC(=O)CCCCCCCCCC)OC(=O)CCCCCCCCCCCCCCCCCCCCC. The topological polar surface area (TPSA) is 78.9 Å². The van der Waals surface area contributed by atoms with Crippen LogP contribution in [-0.4, -0.2) is 37.2 Å². The van der Waals surface area contributed by atoms with Crippen LogP contribution in [-0.2, 0) is 28.6 Å². The molecule has 0 rings (SSSR count). The molecular weight excluding hydrogens is 937 g/mol. The third-order valence-electron chi connectivity index (χ3n) is 13.5. The molecule has 0 aliphatic rings. The van der Waals surface area contributed by atoms with Gasteiger partial charge in [-0.05, 0) is 89.9 Å². The van der Waals surface area contributed by atoms with Crippen molar-refractivity contribution in [2.24, 2.45) is 0 Å². The van der Waals surface area contributed by atoms with Gasteiger partial charge in [-0.3, -0.25) is 14.4 Å². The average Bonchev–Trinajstić information content (AvgIpc) is 3.42. The highest BCUT2D eigenvalue weighted by atomic mass is 16.6. The second kappa shape index (κ2) is 63.6. The molecule has 0 N–H and O–H groups in total. The van der Waals surface area contributed by atoms with E-state index in [0.717, 1.165) is 122 Å². The second-order valence-corrected chi connectivity index (χ2v) is 21.0. The van der Waals surface area contributed by atoms with Crippen LogP contribution in [0.2, 0.25) is 0 Å². The molecule has 0 aromatic heterocycles. The Morgan fingerprint density at radius 3 is 0.803 bits per heavy atom. The fraction of sp³-hybridized carbons (Fsp3) is 0.700. The molecule has 0 aromatic carbocycles. The zero-order valence-electron chi connectivity index (χ0n) is 49.7. The van der Waals surface area contributed by atoms with Gasteiger partial charge in [-0.2, -0.15) is 0 Å². The number of ether oxygens (including phenoxy) is 3. The van der Waals surface area contributed by atoms with Crippen molar-refractivity contribution in [3.63, 3.8) is 0 Å². The van der Waals surface area contributed by atoms with Crippen molar-refractivity contribution < 1.29 is 28.6 Å². The Labute approximate surface area is 470 Å². The molecule has 1 unspecified atom stereocenters. The number of hydrogen-bond donors (Lipinski definition) is 0. The van der Waals surface area contributed by atoms with E-state index in [1.165, 1.54) is 135 Å². The summed E-state index contributed by atoms with van der Waals surface area (Å²) in [6, 6.07) is 0. The summed E-state index contributed by atoms with van der Waals surface area (Å²) >= 11 is 0. The van der Waals surface area contributed by atoms with Gasteiger partial charge in [0.15, 0.2) is 6.10 Å². The van der Waals surface area contributed by atoms with Crippen molar-refractivity contribution in [2.75, 3.05) is 13.2 Å². The Bertz CT molecular complexity index is 1540. The molecule has 6 heteroatoms. The van der Waals surface area contributed by atoms with Crippen molar-refractivity contribution in [3.05, 3.63) is 109 Å². The zero-order valence-corrected chi connectivity index (χ0v) is 49.7. The van der Waals surface area contributed by atoms with Crippen LogP contribution in [0.4, 0.5) is 0 Å². The predicted molar refractivity (Wildman–Crippen MR) is 330 cm³/mol. The molecule has 0 fully saturated rings. The van der Waals surface area contributed by atoms with E-state index in [1.807, 2.05) is 0 Å². The van der Waals surface area contributed by atoms with Gasteiger partial charge in [-0.1, -0.05) is 297 Å². The van der Waals surface area contributed by atoms with Crippen LogP contribution in [0.1, 0.15) is 297 Å². The van der Waals surface area contributed by atoms with Crippen LogP contribution >= 0.6 is 0 Å². The van der Waals surface area contributed by atoms with Crippen LogP contribution < -0.4 is 0 Å². The van der Waals surface area contributed by atoms with Gasteiger partial charge in [0.25, 0.3) is 0 Å². The van der Waals surface area contributed by atoms with Gasteiger partial charge in [0, 0.05) is 19.3 Å². The Hall–Kier alpha value is -3.93. The third-order valence-corrected chi connectivity index (χ3v) is 13.5. The summed E-state index contributed by atoms with van der Waals surface area (Å²) in [5.74, 6) is -0.916. The fourth-order valence-corrected chi connectivity index (χ4v) is 8.79. The highest BCUT2D eigenvalue weighted by molar-refractivity contribution is 5.71. The lowest BCUT2D eigenvalue weighted by atomic mass is 10.0. The van der Waals surface area contributed by atoms with Gasteiger partial charge >= 0.3 is 17.9 Å². The molecule has 0 saturated heterocycles. The number of carbonyl (C=O) groups excluding carboxylic acids is 3. The predicted octanol–water partition coefficient (Wildman–Crippen LogP) is 21.8. The van der Waals surface area contributed by atoms with Gasteiger partial charge in [0.05, 0.1) is 0 Å². The minimum absolute atomic E-state index is 0.0860. The van der Waals surface area contributed by atoms with Crippen LogP contribution in [0.15, 0.2) is 109 Å². The minimum Gasteiger partial charge on any atom is -0.462 e. The van der Waals surface area contributed by atoms with Crippen LogP contribution in [0.25, 0.3) is 0 Å². The Balaban J connectivity index is 4.25. The monoisotopic (exact) mass is 1050 g/mol. The number of rotatable bonds is 57. The summed E-state index contributed by atoms with van der Waals surface area (Å²) in [4.78, 5) is 38.1. The third kappa shape index (κ3) is 60.9. The van der Waals surface area contributed by atoms with Crippen molar-refractivity contribution in [2.45, 2.75) is 303 Å². The van der Waals surface area contributed by atoms with E-state index in [0.29, 0.717) is 19.3 Å². The molecule has 0 amide bonds. The lowest BCUT2D eigenvalue weighted by Gasteiger charge is -2.18. The lowest BCUT2D eigenvalue weighted by molar-refractivity contribution is -0.167. The highest BCUT2D eigenvalue weighted by Crippen LogP contribution is 2.16.